The van der Waals surface area contributed by atoms with E-state index < -0.39 is 0 Å². The van der Waals surface area contributed by atoms with Crippen molar-refractivity contribution in [3.05, 3.63) is 69.6 Å². The quantitative estimate of drug-likeness (QED) is 0.703. The Labute approximate surface area is 128 Å². The van der Waals surface area contributed by atoms with Gasteiger partial charge < -0.3 is 5.32 Å². The Morgan fingerprint density at radius 1 is 1.05 bits per heavy atom. The van der Waals surface area contributed by atoms with Crippen LogP contribution in [0.5, 0.6) is 0 Å². The van der Waals surface area contributed by atoms with Gasteiger partial charge in [-0.05, 0) is 53.6 Å². The van der Waals surface area contributed by atoms with Gasteiger partial charge >= 0.3 is 0 Å². The van der Waals surface area contributed by atoms with Crippen LogP contribution in [-0.4, -0.2) is 7.05 Å². The summed E-state index contributed by atoms with van der Waals surface area (Å²) in [5.41, 5.74) is 3.69. The van der Waals surface area contributed by atoms with Crippen molar-refractivity contribution in [3.63, 3.8) is 0 Å². The molecule has 0 aliphatic heterocycles. The lowest BCUT2D eigenvalue weighted by Gasteiger charge is -2.20. The Bertz CT molecular complexity index is 748. The third-order valence-corrected chi connectivity index (χ3v) is 5.12. The molecule has 0 amide bonds. The maximum atomic E-state index is 6.27. The van der Waals surface area contributed by atoms with Crippen LogP contribution in [0, 0.1) is 6.92 Å². The molecule has 2 aromatic carbocycles. The summed E-state index contributed by atoms with van der Waals surface area (Å²) in [4.78, 5) is 0. The predicted molar refractivity (Wildman–Crippen MR) is 88.9 cm³/mol. The van der Waals surface area contributed by atoms with Gasteiger partial charge in [0.15, 0.2) is 0 Å². The fraction of sp³-hybridized carbons (Fsp3) is 0.176. The van der Waals surface area contributed by atoms with E-state index in [9.17, 15) is 0 Å². The minimum Gasteiger partial charge on any atom is -0.309 e. The molecule has 0 bridgehead atoms. The molecule has 3 rings (SSSR count). The third kappa shape index (κ3) is 2.24. The van der Waals surface area contributed by atoms with Gasteiger partial charge in [0.1, 0.15) is 0 Å². The van der Waals surface area contributed by atoms with Crippen molar-refractivity contribution >= 4 is 33.0 Å². The van der Waals surface area contributed by atoms with E-state index in [2.05, 4.69) is 48.0 Å². The van der Waals surface area contributed by atoms with Crippen molar-refractivity contribution in [1.82, 2.24) is 5.32 Å². The van der Waals surface area contributed by atoms with Crippen LogP contribution in [0.25, 0.3) is 10.1 Å². The lowest BCUT2D eigenvalue weighted by atomic mass is 9.94. The lowest BCUT2D eigenvalue weighted by Crippen LogP contribution is -2.18. The van der Waals surface area contributed by atoms with Gasteiger partial charge in [-0.1, -0.05) is 41.9 Å². The molecule has 1 atom stereocenters. The average Bonchev–Trinajstić information content (AvgIpc) is 2.93. The zero-order chi connectivity index (χ0) is 14.1. The van der Waals surface area contributed by atoms with Crippen molar-refractivity contribution in [2.24, 2.45) is 0 Å². The zero-order valence-corrected chi connectivity index (χ0v) is 13.1. The molecule has 1 aromatic heterocycles. The van der Waals surface area contributed by atoms with Crippen LogP contribution >= 0.6 is 22.9 Å². The molecule has 0 saturated carbocycles. The SMILES string of the molecule is CNC(c1cccc(Cl)c1C)c1cccc2ccsc12. The summed E-state index contributed by atoms with van der Waals surface area (Å²) in [6.07, 6.45) is 0. The summed E-state index contributed by atoms with van der Waals surface area (Å²) in [5.74, 6) is 0. The first kappa shape index (κ1) is 13.6. The Hall–Kier alpha value is -1.35. The Kier molecular flexibility index (Phi) is 3.79. The summed E-state index contributed by atoms with van der Waals surface area (Å²) < 4.78 is 1.34. The highest BCUT2D eigenvalue weighted by Gasteiger charge is 2.18. The molecular formula is C17H16ClNS. The van der Waals surface area contributed by atoms with E-state index in [0.29, 0.717) is 0 Å². The van der Waals surface area contributed by atoms with Crippen molar-refractivity contribution in [3.8, 4) is 0 Å². The molecule has 0 spiro atoms. The van der Waals surface area contributed by atoms with Crippen molar-refractivity contribution < 1.29 is 0 Å². The molecule has 1 heterocycles. The van der Waals surface area contributed by atoms with Crippen LogP contribution < -0.4 is 5.32 Å². The predicted octanol–water partition coefficient (Wildman–Crippen LogP) is 5.17. The number of hydrogen-bond acceptors (Lipinski definition) is 2. The minimum atomic E-state index is 0.163. The van der Waals surface area contributed by atoms with Crippen LogP contribution in [0.2, 0.25) is 5.02 Å². The van der Waals surface area contributed by atoms with Gasteiger partial charge in [-0.15, -0.1) is 11.3 Å². The summed E-state index contributed by atoms with van der Waals surface area (Å²) in [6, 6.07) is 14.9. The van der Waals surface area contributed by atoms with E-state index in [-0.39, 0.29) is 6.04 Å². The second kappa shape index (κ2) is 5.57. The molecule has 3 heteroatoms. The monoisotopic (exact) mass is 301 g/mol. The van der Waals surface area contributed by atoms with Crippen LogP contribution in [0.4, 0.5) is 0 Å². The first-order valence-electron chi connectivity index (χ1n) is 6.60. The maximum Gasteiger partial charge on any atom is 0.0591 e. The number of rotatable bonds is 3. The Balaban J connectivity index is 2.19. The first-order valence-corrected chi connectivity index (χ1v) is 7.86. The largest absolute Gasteiger partial charge is 0.309 e. The minimum absolute atomic E-state index is 0.163. The van der Waals surface area contributed by atoms with Crippen LogP contribution in [0.1, 0.15) is 22.7 Å². The summed E-state index contributed by atoms with van der Waals surface area (Å²) in [6.45, 7) is 2.08. The van der Waals surface area contributed by atoms with Gasteiger partial charge in [0.05, 0.1) is 6.04 Å². The fourth-order valence-corrected chi connectivity index (χ4v) is 3.79. The molecule has 0 aliphatic carbocycles. The third-order valence-electron chi connectivity index (χ3n) is 3.73. The van der Waals surface area contributed by atoms with Gasteiger partial charge in [0.2, 0.25) is 0 Å². The number of halogens is 1. The first-order chi connectivity index (χ1) is 9.72. The van der Waals surface area contributed by atoms with E-state index >= 15 is 0 Å². The Morgan fingerprint density at radius 2 is 1.80 bits per heavy atom. The average molecular weight is 302 g/mol. The molecule has 102 valence electrons. The van der Waals surface area contributed by atoms with Crippen molar-refractivity contribution in [1.29, 1.82) is 0 Å². The second-order valence-electron chi connectivity index (χ2n) is 4.86. The lowest BCUT2D eigenvalue weighted by molar-refractivity contribution is 0.693. The van der Waals surface area contributed by atoms with E-state index in [4.69, 9.17) is 11.6 Å². The molecule has 1 N–H and O–H groups in total. The molecule has 20 heavy (non-hydrogen) atoms. The number of nitrogens with one attached hydrogen (secondary N) is 1. The zero-order valence-electron chi connectivity index (χ0n) is 11.5. The van der Waals surface area contributed by atoms with Crippen molar-refractivity contribution in [2.45, 2.75) is 13.0 Å². The molecular weight excluding hydrogens is 286 g/mol. The highest BCUT2D eigenvalue weighted by Crippen LogP contribution is 2.34. The number of benzene rings is 2. The molecule has 0 aliphatic rings. The molecule has 3 aromatic rings. The van der Waals surface area contributed by atoms with E-state index in [1.165, 1.54) is 21.2 Å². The molecule has 0 fully saturated rings. The summed E-state index contributed by atoms with van der Waals surface area (Å²) >= 11 is 8.06. The molecule has 0 saturated heterocycles. The van der Waals surface area contributed by atoms with Crippen LogP contribution in [0.3, 0.4) is 0 Å². The fourth-order valence-electron chi connectivity index (χ4n) is 2.66. The Morgan fingerprint density at radius 3 is 2.60 bits per heavy atom. The van der Waals surface area contributed by atoms with Gasteiger partial charge in [0, 0.05) is 9.72 Å². The number of hydrogen-bond donors (Lipinski definition) is 1. The van der Waals surface area contributed by atoms with E-state index in [0.717, 1.165) is 10.6 Å². The van der Waals surface area contributed by atoms with Gasteiger partial charge in [-0.2, -0.15) is 0 Å². The normalized spacial score (nSPS) is 12.8. The summed E-state index contributed by atoms with van der Waals surface area (Å²) in [5, 5.41) is 7.70. The molecule has 1 nitrogen and oxygen atoms in total. The highest BCUT2D eigenvalue weighted by atomic mass is 35.5. The van der Waals surface area contributed by atoms with Crippen molar-refractivity contribution in [2.75, 3.05) is 7.05 Å². The van der Waals surface area contributed by atoms with Crippen LogP contribution in [-0.2, 0) is 0 Å². The molecule has 1 unspecified atom stereocenters. The maximum absolute atomic E-state index is 6.27. The van der Waals surface area contributed by atoms with Gasteiger partial charge in [-0.25, -0.2) is 0 Å². The smallest absolute Gasteiger partial charge is 0.0591 e. The van der Waals surface area contributed by atoms with Crippen LogP contribution in [0.15, 0.2) is 47.8 Å². The molecule has 0 radical (unpaired) electrons. The number of fused-ring (bicyclic) bond motifs is 1. The topological polar surface area (TPSA) is 12.0 Å². The standard InChI is InChI=1S/C17H16ClNS/c1-11-13(6-4-8-15(11)18)16(19-2)14-7-3-5-12-9-10-20-17(12)14/h3-10,16,19H,1-2H3. The van der Waals surface area contributed by atoms with E-state index in [1.54, 1.807) is 11.3 Å². The second-order valence-corrected chi connectivity index (χ2v) is 6.19. The van der Waals surface area contributed by atoms with Gasteiger partial charge in [-0.3, -0.25) is 0 Å². The van der Waals surface area contributed by atoms with E-state index in [1.807, 2.05) is 19.2 Å². The summed E-state index contributed by atoms with van der Waals surface area (Å²) in [7, 11) is 2.00. The van der Waals surface area contributed by atoms with Gasteiger partial charge in [0.25, 0.3) is 0 Å². The number of thiophene rings is 1. The highest BCUT2D eigenvalue weighted by molar-refractivity contribution is 7.17.